The molecule has 0 aliphatic heterocycles. The van der Waals surface area contributed by atoms with Crippen molar-refractivity contribution in [2.45, 2.75) is 33.1 Å². The molecule has 0 bridgehead atoms. The van der Waals surface area contributed by atoms with Crippen LogP contribution in [0.3, 0.4) is 0 Å². The standard InChI is InChI=1S/C16H18BrFN2OS/c1-9-13(16(2,3)4)22-15(20(9)5)19-14(21)11-8-10(17)6-7-12(11)18/h6-8H,1-5H3. The highest BCUT2D eigenvalue weighted by Crippen LogP contribution is 2.27. The van der Waals surface area contributed by atoms with Crippen molar-refractivity contribution < 1.29 is 9.18 Å². The number of aromatic nitrogens is 1. The Labute approximate surface area is 141 Å². The van der Waals surface area contributed by atoms with Crippen LogP contribution in [0.1, 0.15) is 41.7 Å². The van der Waals surface area contributed by atoms with Gasteiger partial charge in [-0.25, -0.2) is 4.39 Å². The van der Waals surface area contributed by atoms with Crippen LogP contribution in [0.15, 0.2) is 27.7 Å². The van der Waals surface area contributed by atoms with E-state index in [-0.39, 0.29) is 11.0 Å². The average Bonchev–Trinajstić information content (AvgIpc) is 2.69. The Hall–Kier alpha value is -1.27. The molecule has 0 N–H and O–H groups in total. The number of rotatable bonds is 1. The van der Waals surface area contributed by atoms with E-state index < -0.39 is 11.7 Å². The van der Waals surface area contributed by atoms with Crippen LogP contribution < -0.4 is 4.80 Å². The Kier molecular flexibility index (Phi) is 4.73. The molecule has 22 heavy (non-hydrogen) atoms. The van der Waals surface area contributed by atoms with Gasteiger partial charge in [-0.05, 0) is 30.5 Å². The number of carbonyl (C=O) groups excluding carboxylic acids is 1. The highest BCUT2D eigenvalue weighted by atomic mass is 79.9. The zero-order valence-electron chi connectivity index (χ0n) is 13.2. The van der Waals surface area contributed by atoms with E-state index >= 15 is 0 Å². The van der Waals surface area contributed by atoms with Gasteiger partial charge in [0.2, 0.25) is 0 Å². The summed E-state index contributed by atoms with van der Waals surface area (Å²) in [6.45, 7) is 8.35. The van der Waals surface area contributed by atoms with Crippen molar-refractivity contribution >= 4 is 33.2 Å². The fourth-order valence-corrected chi connectivity index (χ4v) is 3.67. The van der Waals surface area contributed by atoms with Gasteiger partial charge in [0.15, 0.2) is 4.80 Å². The molecule has 2 aromatic rings. The van der Waals surface area contributed by atoms with Crippen LogP contribution in [0.4, 0.5) is 4.39 Å². The van der Waals surface area contributed by atoms with E-state index in [1.165, 1.54) is 23.5 Å². The lowest BCUT2D eigenvalue weighted by atomic mass is 9.93. The van der Waals surface area contributed by atoms with Gasteiger partial charge in [-0.3, -0.25) is 4.79 Å². The largest absolute Gasteiger partial charge is 0.324 e. The summed E-state index contributed by atoms with van der Waals surface area (Å²) < 4.78 is 16.3. The van der Waals surface area contributed by atoms with Gasteiger partial charge in [0.05, 0.1) is 5.56 Å². The third-order valence-corrected chi connectivity index (χ3v) is 5.50. The van der Waals surface area contributed by atoms with Crippen LogP contribution in [0.5, 0.6) is 0 Å². The molecule has 1 amide bonds. The van der Waals surface area contributed by atoms with Crippen molar-refractivity contribution in [1.29, 1.82) is 0 Å². The van der Waals surface area contributed by atoms with E-state index in [9.17, 15) is 9.18 Å². The second kappa shape index (κ2) is 6.08. The summed E-state index contributed by atoms with van der Waals surface area (Å²) in [5.74, 6) is -1.14. The minimum atomic E-state index is -0.573. The zero-order valence-corrected chi connectivity index (χ0v) is 15.6. The number of hydrogen-bond donors (Lipinski definition) is 0. The third-order valence-electron chi connectivity index (χ3n) is 3.35. The van der Waals surface area contributed by atoms with Gasteiger partial charge in [0.25, 0.3) is 5.91 Å². The van der Waals surface area contributed by atoms with Crippen LogP contribution in [0.25, 0.3) is 0 Å². The number of thiazole rings is 1. The van der Waals surface area contributed by atoms with Crippen molar-refractivity contribution in [3.8, 4) is 0 Å². The molecule has 0 atom stereocenters. The average molecular weight is 385 g/mol. The predicted molar refractivity (Wildman–Crippen MR) is 90.7 cm³/mol. The first-order valence-corrected chi connectivity index (χ1v) is 8.43. The Bertz CT molecular complexity index is 799. The Morgan fingerprint density at radius 2 is 2.00 bits per heavy atom. The van der Waals surface area contributed by atoms with E-state index in [0.717, 1.165) is 10.6 Å². The summed E-state index contributed by atoms with van der Waals surface area (Å²) in [6.07, 6.45) is 0. The molecule has 3 nitrogen and oxygen atoms in total. The quantitative estimate of drug-likeness (QED) is 0.719. The molecule has 0 unspecified atom stereocenters. The molecule has 1 heterocycles. The van der Waals surface area contributed by atoms with Crippen molar-refractivity contribution in [3.05, 3.63) is 49.4 Å². The molecule has 0 aliphatic rings. The molecule has 1 aromatic heterocycles. The predicted octanol–water partition coefficient (Wildman–Crippen LogP) is 4.34. The fraction of sp³-hybridized carbons (Fsp3) is 0.375. The van der Waals surface area contributed by atoms with Crippen molar-refractivity contribution in [2.24, 2.45) is 12.0 Å². The summed E-state index contributed by atoms with van der Waals surface area (Å²) >= 11 is 4.71. The van der Waals surface area contributed by atoms with E-state index in [1.807, 2.05) is 18.5 Å². The molecule has 1 aromatic carbocycles. The molecule has 0 aliphatic carbocycles. The number of amides is 1. The fourth-order valence-electron chi connectivity index (χ4n) is 2.13. The summed E-state index contributed by atoms with van der Waals surface area (Å²) in [5, 5.41) is 0. The third kappa shape index (κ3) is 3.38. The summed E-state index contributed by atoms with van der Waals surface area (Å²) in [7, 11) is 1.87. The molecule has 0 saturated heterocycles. The minimum absolute atomic E-state index is 0.0235. The highest BCUT2D eigenvalue weighted by Gasteiger charge is 2.21. The van der Waals surface area contributed by atoms with Gasteiger partial charge in [-0.15, -0.1) is 11.3 Å². The first-order valence-electron chi connectivity index (χ1n) is 6.82. The Morgan fingerprint density at radius 3 is 2.55 bits per heavy atom. The first kappa shape index (κ1) is 17.1. The number of nitrogens with zero attached hydrogens (tertiary/aromatic N) is 2. The van der Waals surface area contributed by atoms with E-state index in [2.05, 4.69) is 41.7 Å². The summed E-state index contributed by atoms with van der Waals surface area (Å²) in [5.41, 5.74) is 1.01. The van der Waals surface area contributed by atoms with Crippen LogP contribution in [-0.2, 0) is 12.5 Å². The number of benzene rings is 1. The molecule has 0 saturated carbocycles. The summed E-state index contributed by atoms with van der Waals surface area (Å²) in [6, 6.07) is 4.26. The van der Waals surface area contributed by atoms with Crippen LogP contribution in [0.2, 0.25) is 0 Å². The highest BCUT2D eigenvalue weighted by molar-refractivity contribution is 9.10. The van der Waals surface area contributed by atoms with E-state index in [0.29, 0.717) is 9.27 Å². The van der Waals surface area contributed by atoms with Crippen LogP contribution >= 0.6 is 27.3 Å². The monoisotopic (exact) mass is 384 g/mol. The summed E-state index contributed by atoms with van der Waals surface area (Å²) in [4.78, 5) is 18.1. The van der Waals surface area contributed by atoms with Gasteiger partial charge in [0.1, 0.15) is 5.82 Å². The number of hydrogen-bond acceptors (Lipinski definition) is 2. The number of carbonyl (C=O) groups is 1. The van der Waals surface area contributed by atoms with Gasteiger partial charge >= 0.3 is 0 Å². The lowest BCUT2D eigenvalue weighted by Gasteiger charge is -2.17. The van der Waals surface area contributed by atoms with Crippen molar-refractivity contribution in [1.82, 2.24) is 4.57 Å². The van der Waals surface area contributed by atoms with Crippen molar-refractivity contribution in [3.63, 3.8) is 0 Å². The van der Waals surface area contributed by atoms with Gasteiger partial charge in [-0.2, -0.15) is 4.99 Å². The molecular formula is C16H18BrFN2OS. The van der Waals surface area contributed by atoms with Crippen LogP contribution in [-0.4, -0.2) is 10.5 Å². The minimum Gasteiger partial charge on any atom is -0.324 e. The van der Waals surface area contributed by atoms with Crippen LogP contribution in [0, 0.1) is 12.7 Å². The SMILES string of the molecule is Cc1c(C(C)(C)C)sc(=NC(=O)c2cc(Br)ccc2F)n1C. The second-order valence-electron chi connectivity index (χ2n) is 6.15. The lowest BCUT2D eigenvalue weighted by Crippen LogP contribution is -2.15. The molecule has 0 fully saturated rings. The maximum absolute atomic E-state index is 13.8. The molecule has 6 heteroatoms. The molecule has 0 radical (unpaired) electrons. The maximum atomic E-state index is 13.8. The molecule has 118 valence electrons. The molecular weight excluding hydrogens is 367 g/mol. The van der Waals surface area contributed by atoms with Gasteiger partial charge in [0, 0.05) is 22.1 Å². The van der Waals surface area contributed by atoms with Gasteiger partial charge in [-0.1, -0.05) is 36.7 Å². The smallest absolute Gasteiger partial charge is 0.282 e. The lowest BCUT2D eigenvalue weighted by molar-refractivity contribution is 0.0994. The number of halogens is 2. The Balaban J connectivity index is 2.54. The topological polar surface area (TPSA) is 34.4 Å². The molecule has 2 rings (SSSR count). The maximum Gasteiger partial charge on any atom is 0.282 e. The first-order chi connectivity index (χ1) is 10.1. The van der Waals surface area contributed by atoms with E-state index in [1.54, 1.807) is 6.07 Å². The van der Waals surface area contributed by atoms with Crippen molar-refractivity contribution in [2.75, 3.05) is 0 Å². The normalized spacial score (nSPS) is 12.8. The Morgan fingerprint density at radius 1 is 1.36 bits per heavy atom. The zero-order chi connectivity index (χ0) is 16.7. The molecule has 0 spiro atoms. The van der Waals surface area contributed by atoms with Gasteiger partial charge < -0.3 is 4.57 Å². The van der Waals surface area contributed by atoms with E-state index in [4.69, 9.17) is 0 Å². The second-order valence-corrected chi connectivity index (χ2v) is 8.04.